The number of carbonyl (C=O) groups is 1. The number of carboxylic acid groups (broad SMARTS) is 1. The zero-order valence-corrected chi connectivity index (χ0v) is 10.1. The summed E-state index contributed by atoms with van der Waals surface area (Å²) in [5.74, 6) is 0.613. The van der Waals surface area contributed by atoms with Crippen LogP contribution in [-0.4, -0.2) is 23.9 Å². The highest BCUT2D eigenvalue weighted by Gasteiger charge is 1.99. The van der Waals surface area contributed by atoms with E-state index in [1.54, 1.807) is 31.9 Å². The minimum atomic E-state index is -0.865. The van der Waals surface area contributed by atoms with Crippen LogP contribution in [0.2, 0.25) is 0 Å². The van der Waals surface area contributed by atoms with Crippen molar-refractivity contribution in [2.24, 2.45) is 0 Å². The Labute approximate surface area is 99.1 Å². The van der Waals surface area contributed by atoms with Crippen LogP contribution < -0.4 is 4.74 Å². The Morgan fingerprint density at radius 2 is 2.06 bits per heavy atom. The van der Waals surface area contributed by atoms with Gasteiger partial charge in [0.2, 0.25) is 0 Å². The van der Waals surface area contributed by atoms with E-state index in [0.29, 0.717) is 11.3 Å². The second-order valence-electron chi connectivity index (χ2n) is 3.18. The second kappa shape index (κ2) is 6.23. The van der Waals surface area contributed by atoms with Crippen LogP contribution in [0, 0.1) is 0 Å². The zero-order valence-electron chi connectivity index (χ0n) is 9.27. The minimum Gasteiger partial charge on any atom is -0.497 e. The predicted molar refractivity (Wildman–Crippen MR) is 65.1 cm³/mol. The van der Waals surface area contributed by atoms with E-state index in [1.807, 2.05) is 24.3 Å². The highest BCUT2D eigenvalue weighted by atomic mass is 32.2. The molecule has 0 amide bonds. The molecule has 0 aliphatic heterocycles. The third kappa shape index (κ3) is 3.98. The first-order chi connectivity index (χ1) is 7.63. The molecular weight excluding hydrogens is 224 g/mol. The molecule has 1 aromatic rings. The van der Waals surface area contributed by atoms with Crippen LogP contribution in [-0.2, 0) is 4.79 Å². The highest BCUT2D eigenvalue weighted by molar-refractivity contribution is 7.99. The molecule has 0 aliphatic rings. The van der Waals surface area contributed by atoms with Crippen molar-refractivity contribution < 1.29 is 14.6 Å². The second-order valence-corrected chi connectivity index (χ2v) is 4.27. The molecule has 0 radical (unpaired) electrons. The molecule has 0 heterocycles. The van der Waals surface area contributed by atoms with Gasteiger partial charge in [0.25, 0.3) is 0 Å². The maximum atomic E-state index is 10.5. The van der Waals surface area contributed by atoms with E-state index < -0.39 is 5.97 Å². The molecule has 86 valence electrons. The first kappa shape index (κ1) is 12.6. The van der Waals surface area contributed by atoms with Gasteiger partial charge in [-0.2, -0.15) is 0 Å². The van der Waals surface area contributed by atoms with Gasteiger partial charge in [-0.25, -0.2) is 4.79 Å². The van der Waals surface area contributed by atoms with E-state index in [2.05, 4.69) is 0 Å². The SMILES string of the molecule is COc1ccc(SCC=C(C)C(=O)O)cc1. The van der Waals surface area contributed by atoms with Gasteiger partial charge in [0.05, 0.1) is 7.11 Å². The molecular formula is C12H14O3S. The summed E-state index contributed by atoms with van der Waals surface area (Å²) in [6.07, 6.45) is 1.71. The average molecular weight is 238 g/mol. The lowest BCUT2D eigenvalue weighted by atomic mass is 10.3. The smallest absolute Gasteiger partial charge is 0.330 e. The van der Waals surface area contributed by atoms with Crippen molar-refractivity contribution in [3.05, 3.63) is 35.9 Å². The molecule has 0 unspecified atom stereocenters. The largest absolute Gasteiger partial charge is 0.497 e. The average Bonchev–Trinajstić information content (AvgIpc) is 2.29. The molecule has 0 fully saturated rings. The minimum absolute atomic E-state index is 0.376. The van der Waals surface area contributed by atoms with Gasteiger partial charge in [-0.3, -0.25) is 0 Å². The summed E-state index contributed by atoms with van der Waals surface area (Å²) in [6, 6.07) is 7.67. The Morgan fingerprint density at radius 3 is 2.56 bits per heavy atom. The van der Waals surface area contributed by atoms with Crippen LogP contribution >= 0.6 is 11.8 Å². The lowest BCUT2D eigenvalue weighted by Crippen LogP contribution is -1.96. The van der Waals surface area contributed by atoms with E-state index in [1.165, 1.54) is 0 Å². The third-order valence-corrected chi connectivity index (χ3v) is 2.98. The number of aliphatic carboxylic acids is 1. The van der Waals surface area contributed by atoms with Crippen LogP contribution in [0.1, 0.15) is 6.92 Å². The molecule has 1 aromatic carbocycles. The van der Waals surface area contributed by atoms with Crippen molar-refractivity contribution >= 4 is 17.7 Å². The number of benzene rings is 1. The topological polar surface area (TPSA) is 46.5 Å². The maximum Gasteiger partial charge on any atom is 0.330 e. The lowest BCUT2D eigenvalue weighted by Gasteiger charge is -2.01. The summed E-state index contributed by atoms with van der Waals surface area (Å²) in [5.41, 5.74) is 0.376. The summed E-state index contributed by atoms with van der Waals surface area (Å²) < 4.78 is 5.04. The van der Waals surface area contributed by atoms with Crippen molar-refractivity contribution in [2.75, 3.05) is 12.9 Å². The number of hydrogen-bond donors (Lipinski definition) is 1. The van der Waals surface area contributed by atoms with Crippen molar-refractivity contribution in [1.82, 2.24) is 0 Å². The Hall–Kier alpha value is -1.42. The van der Waals surface area contributed by atoms with Crippen LogP contribution in [0.5, 0.6) is 5.75 Å². The van der Waals surface area contributed by atoms with E-state index in [4.69, 9.17) is 9.84 Å². The Morgan fingerprint density at radius 1 is 1.44 bits per heavy atom. The van der Waals surface area contributed by atoms with Gasteiger partial charge in [-0.15, -0.1) is 11.8 Å². The molecule has 0 spiro atoms. The molecule has 1 N–H and O–H groups in total. The van der Waals surface area contributed by atoms with Gasteiger partial charge < -0.3 is 9.84 Å². The summed E-state index contributed by atoms with van der Waals surface area (Å²) >= 11 is 1.59. The van der Waals surface area contributed by atoms with Crippen LogP contribution in [0.25, 0.3) is 0 Å². The molecule has 0 bridgehead atoms. The van der Waals surface area contributed by atoms with E-state index in [-0.39, 0.29) is 0 Å². The van der Waals surface area contributed by atoms with Gasteiger partial charge in [0, 0.05) is 16.2 Å². The molecule has 0 atom stereocenters. The Kier molecular flexibility index (Phi) is 4.92. The summed E-state index contributed by atoms with van der Waals surface area (Å²) in [5, 5.41) is 8.65. The number of ether oxygens (including phenoxy) is 1. The van der Waals surface area contributed by atoms with Gasteiger partial charge in [0.1, 0.15) is 5.75 Å². The molecule has 0 saturated heterocycles. The Bertz CT molecular complexity index is 382. The molecule has 3 nitrogen and oxygen atoms in total. The molecule has 16 heavy (non-hydrogen) atoms. The Balaban J connectivity index is 2.49. The zero-order chi connectivity index (χ0) is 12.0. The molecule has 0 aliphatic carbocycles. The molecule has 0 saturated carbocycles. The fourth-order valence-corrected chi connectivity index (χ4v) is 1.88. The third-order valence-electron chi connectivity index (χ3n) is 2.04. The van der Waals surface area contributed by atoms with Crippen LogP contribution in [0.4, 0.5) is 0 Å². The van der Waals surface area contributed by atoms with Crippen molar-refractivity contribution in [1.29, 1.82) is 0 Å². The van der Waals surface area contributed by atoms with Gasteiger partial charge in [-0.1, -0.05) is 6.08 Å². The van der Waals surface area contributed by atoms with E-state index in [9.17, 15) is 4.79 Å². The van der Waals surface area contributed by atoms with Gasteiger partial charge >= 0.3 is 5.97 Å². The number of rotatable bonds is 5. The number of hydrogen-bond acceptors (Lipinski definition) is 3. The first-order valence-corrected chi connectivity index (χ1v) is 5.79. The number of carboxylic acids is 1. The van der Waals surface area contributed by atoms with Crippen LogP contribution in [0.3, 0.4) is 0 Å². The molecule has 4 heteroatoms. The highest BCUT2D eigenvalue weighted by Crippen LogP contribution is 2.21. The van der Waals surface area contributed by atoms with Crippen molar-refractivity contribution in [3.63, 3.8) is 0 Å². The lowest BCUT2D eigenvalue weighted by molar-refractivity contribution is -0.132. The van der Waals surface area contributed by atoms with Gasteiger partial charge in [0.15, 0.2) is 0 Å². The fraction of sp³-hybridized carbons (Fsp3) is 0.250. The fourth-order valence-electron chi connectivity index (χ4n) is 1.02. The number of thioether (sulfide) groups is 1. The standard InChI is InChI=1S/C12H14O3S/c1-9(12(13)14)7-8-16-11-5-3-10(15-2)4-6-11/h3-7H,8H2,1-2H3,(H,13,14). The van der Waals surface area contributed by atoms with E-state index in [0.717, 1.165) is 10.6 Å². The number of methoxy groups -OCH3 is 1. The normalized spacial score (nSPS) is 11.2. The van der Waals surface area contributed by atoms with E-state index >= 15 is 0 Å². The maximum absolute atomic E-state index is 10.5. The summed E-state index contributed by atoms with van der Waals surface area (Å²) in [6.45, 7) is 1.59. The van der Waals surface area contributed by atoms with Crippen LogP contribution in [0.15, 0.2) is 40.8 Å². The molecule has 0 aromatic heterocycles. The summed E-state index contributed by atoms with van der Waals surface area (Å²) in [4.78, 5) is 11.6. The van der Waals surface area contributed by atoms with Crippen molar-refractivity contribution in [2.45, 2.75) is 11.8 Å². The predicted octanol–water partition coefficient (Wildman–Crippen LogP) is 2.82. The monoisotopic (exact) mass is 238 g/mol. The molecule has 1 rings (SSSR count). The quantitative estimate of drug-likeness (QED) is 0.633. The van der Waals surface area contributed by atoms with Gasteiger partial charge in [-0.05, 0) is 31.2 Å². The van der Waals surface area contributed by atoms with Crippen molar-refractivity contribution in [3.8, 4) is 5.75 Å². The summed E-state index contributed by atoms with van der Waals surface area (Å²) in [7, 11) is 1.63. The first-order valence-electron chi connectivity index (χ1n) is 4.80.